The van der Waals surface area contributed by atoms with Gasteiger partial charge in [-0.2, -0.15) is 8.75 Å². The molecule has 0 atom stereocenters. The summed E-state index contributed by atoms with van der Waals surface area (Å²) in [7, 11) is 0. The van der Waals surface area contributed by atoms with E-state index in [9.17, 15) is 0 Å². The third-order valence-corrected chi connectivity index (χ3v) is 2.66. The zero-order valence-corrected chi connectivity index (χ0v) is 7.98. The molecule has 0 aliphatic heterocycles. The summed E-state index contributed by atoms with van der Waals surface area (Å²) < 4.78 is 8.48. The van der Waals surface area contributed by atoms with Gasteiger partial charge >= 0.3 is 0 Å². The van der Waals surface area contributed by atoms with Crippen molar-refractivity contribution in [2.75, 3.05) is 0 Å². The number of aromatic nitrogens is 2. The summed E-state index contributed by atoms with van der Waals surface area (Å²) in [4.78, 5) is 0. The van der Waals surface area contributed by atoms with Crippen LogP contribution in [0.4, 0.5) is 0 Å². The first-order valence-corrected chi connectivity index (χ1v) is 4.76. The van der Waals surface area contributed by atoms with Gasteiger partial charge in [-0.25, -0.2) is 0 Å². The van der Waals surface area contributed by atoms with E-state index in [-0.39, 0.29) is 0 Å². The Bertz CT molecular complexity index is 406. The quantitative estimate of drug-likeness (QED) is 0.670. The van der Waals surface area contributed by atoms with E-state index in [1.54, 1.807) is 0 Å². The topological polar surface area (TPSA) is 25.8 Å². The Kier molecular flexibility index (Phi) is 1.81. The van der Waals surface area contributed by atoms with Crippen molar-refractivity contribution < 1.29 is 0 Å². The van der Waals surface area contributed by atoms with Gasteiger partial charge in [0.1, 0.15) is 11.0 Å². The van der Waals surface area contributed by atoms with Gasteiger partial charge in [0.05, 0.1) is 11.7 Å². The fraction of sp³-hybridized carbons (Fsp3) is 0.333. The summed E-state index contributed by atoms with van der Waals surface area (Å²) in [6.45, 7) is 4.28. The van der Waals surface area contributed by atoms with Crippen LogP contribution in [0.15, 0.2) is 12.1 Å². The highest BCUT2D eigenvalue weighted by molar-refractivity contribution is 7.00. The minimum Gasteiger partial charge on any atom is -0.173 e. The van der Waals surface area contributed by atoms with Crippen LogP contribution in [0.1, 0.15) is 18.1 Å². The van der Waals surface area contributed by atoms with E-state index in [4.69, 9.17) is 0 Å². The van der Waals surface area contributed by atoms with Gasteiger partial charge in [-0.1, -0.05) is 13.0 Å². The van der Waals surface area contributed by atoms with Crippen LogP contribution in [0.3, 0.4) is 0 Å². The molecule has 0 bridgehead atoms. The third kappa shape index (κ3) is 1.01. The molecular weight excluding hydrogens is 168 g/mol. The Morgan fingerprint density at radius 3 is 2.92 bits per heavy atom. The molecule has 0 saturated heterocycles. The average Bonchev–Trinajstić information content (AvgIpc) is 2.52. The van der Waals surface area contributed by atoms with E-state index < -0.39 is 0 Å². The zero-order valence-electron chi connectivity index (χ0n) is 7.16. The molecule has 0 N–H and O–H groups in total. The monoisotopic (exact) mass is 178 g/mol. The maximum atomic E-state index is 4.28. The highest BCUT2D eigenvalue weighted by Gasteiger charge is 2.05. The summed E-state index contributed by atoms with van der Waals surface area (Å²) >= 11 is 1.29. The number of rotatable bonds is 1. The lowest BCUT2D eigenvalue weighted by Gasteiger charge is -2.01. The lowest BCUT2D eigenvalue weighted by molar-refractivity contribution is 1.12. The van der Waals surface area contributed by atoms with Crippen LogP contribution in [-0.4, -0.2) is 8.75 Å². The summed E-state index contributed by atoms with van der Waals surface area (Å²) in [5.74, 6) is 0. The van der Waals surface area contributed by atoms with E-state index in [0.717, 1.165) is 17.5 Å². The Morgan fingerprint density at radius 1 is 1.33 bits per heavy atom. The first-order valence-electron chi connectivity index (χ1n) is 4.03. The van der Waals surface area contributed by atoms with Crippen molar-refractivity contribution in [1.82, 2.24) is 8.75 Å². The van der Waals surface area contributed by atoms with Crippen LogP contribution in [0.25, 0.3) is 11.0 Å². The Balaban J connectivity index is 2.83. The van der Waals surface area contributed by atoms with Crippen LogP contribution in [0.2, 0.25) is 0 Å². The van der Waals surface area contributed by atoms with Gasteiger partial charge in [0.2, 0.25) is 0 Å². The molecule has 1 heterocycles. The van der Waals surface area contributed by atoms with Crippen LogP contribution >= 0.6 is 11.7 Å². The second kappa shape index (κ2) is 2.83. The minimum absolute atomic E-state index is 1.03. The maximum Gasteiger partial charge on any atom is 0.108 e. The number of benzene rings is 1. The van der Waals surface area contributed by atoms with Gasteiger partial charge in [0, 0.05) is 0 Å². The van der Waals surface area contributed by atoms with E-state index in [2.05, 4.69) is 28.7 Å². The van der Waals surface area contributed by atoms with Crippen LogP contribution in [0.5, 0.6) is 0 Å². The van der Waals surface area contributed by atoms with Crippen LogP contribution < -0.4 is 0 Å². The summed E-state index contributed by atoms with van der Waals surface area (Å²) in [6, 6.07) is 4.15. The molecule has 0 aliphatic carbocycles. The second-order valence-electron chi connectivity index (χ2n) is 2.85. The third-order valence-electron chi connectivity index (χ3n) is 2.12. The first-order chi connectivity index (χ1) is 5.83. The number of aryl methyl sites for hydroxylation is 2. The van der Waals surface area contributed by atoms with Crippen molar-refractivity contribution in [3.8, 4) is 0 Å². The lowest BCUT2D eigenvalue weighted by Crippen LogP contribution is -1.87. The minimum atomic E-state index is 1.03. The van der Waals surface area contributed by atoms with Crippen molar-refractivity contribution in [3.05, 3.63) is 23.3 Å². The average molecular weight is 178 g/mol. The van der Waals surface area contributed by atoms with Gasteiger partial charge in [-0.3, -0.25) is 0 Å². The molecule has 62 valence electrons. The predicted molar refractivity (Wildman–Crippen MR) is 51.5 cm³/mol. The number of nitrogens with zero attached hydrogens (tertiary/aromatic N) is 2. The Labute approximate surface area is 75.6 Å². The van der Waals surface area contributed by atoms with Crippen molar-refractivity contribution in [2.24, 2.45) is 0 Å². The molecule has 0 aliphatic rings. The molecule has 2 aromatic rings. The molecule has 0 radical (unpaired) electrons. The van der Waals surface area contributed by atoms with Gasteiger partial charge in [-0.15, -0.1) is 0 Å². The highest BCUT2D eigenvalue weighted by atomic mass is 32.1. The number of hydrogen-bond donors (Lipinski definition) is 0. The molecule has 12 heavy (non-hydrogen) atoms. The number of fused-ring (bicyclic) bond motifs is 1. The SMILES string of the molecule is CCc1c(C)ccc2nsnc12. The molecule has 0 saturated carbocycles. The number of hydrogen-bond acceptors (Lipinski definition) is 3. The van der Waals surface area contributed by atoms with Crippen molar-refractivity contribution in [1.29, 1.82) is 0 Å². The zero-order chi connectivity index (χ0) is 8.55. The molecule has 0 fully saturated rings. The summed E-state index contributed by atoms with van der Waals surface area (Å²) in [5.41, 5.74) is 4.77. The standard InChI is InChI=1S/C9H10N2S/c1-3-7-6(2)4-5-8-9(7)11-12-10-8/h4-5H,3H2,1-2H3. The van der Waals surface area contributed by atoms with E-state index in [1.807, 2.05) is 6.07 Å². The summed E-state index contributed by atoms with van der Waals surface area (Å²) in [6.07, 6.45) is 1.04. The van der Waals surface area contributed by atoms with Crippen molar-refractivity contribution >= 4 is 22.8 Å². The molecule has 2 rings (SSSR count). The first kappa shape index (κ1) is 7.68. The van der Waals surface area contributed by atoms with Crippen molar-refractivity contribution in [3.63, 3.8) is 0 Å². The lowest BCUT2D eigenvalue weighted by atomic mass is 10.1. The Morgan fingerprint density at radius 2 is 2.17 bits per heavy atom. The van der Waals surface area contributed by atoms with Gasteiger partial charge in [0.15, 0.2) is 0 Å². The predicted octanol–water partition coefficient (Wildman–Crippen LogP) is 2.56. The van der Waals surface area contributed by atoms with Crippen molar-refractivity contribution in [2.45, 2.75) is 20.3 Å². The molecule has 1 aromatic carbocycles. The second-order valence-corrected chi connectivity index (χ2v) is 3.37. The fourth-order valence-electron chi connectivity index (χ4n) is 1.45. The van der Waals surface area contributed by atoms with Crippen LogP contribution in [-0.2, 0) is 6.42 Å². The largest absolute Gasteiger partial charge is 0.173 e. The molecule has 2 nitrogen and oxygen atoms in total. The normalized spacial score (nSPS) is 10.8. The van der Waals surface area contributed by atoms with Gasteiger partial charge < -0.3 is 0 Å². The maximum absolute atomic E-state index is 4.28. The van der Waals surface area contributed by atoms with Gasteiger partial charge in [-0.05, 0) is 30.5 Å². The van der Waals surface area contributed by atoms with Gasteiger partial charge in [0.25, 0.3) is 0 Å². The van der Waals surface area contributed by atoms with Crippen LogP contribution in [0, 0.1) is 6.92 Å². The molecule has 0 spiro atoms. The van der Waals surface area contributed by atoms with E-state index in [1.165, 1.54) is 22.9 Å². The molecule has 3 heteroatoms. The molecule has 1 aromatic heterocycles. The fourth-order valence-corrected chi connectivity index (χ4v) is 2.01. The van der Waals surface area contributed by atoms with E-state index >= 15 is 0 Å². The summed E-state index contributed by atoms with van der Waals surface area (Å²) in [5, 5.41) is 0. The smallest absolute Gasteiger partial charge is 0.108 e. The Hall–Kier alpha value is -0.960. The molecule has 0 amide bonds. The molecule has 0 unspecified atom stereocenters. The molecular formula is C9H10N2S. The van der Waals surface area contributed by atoms with E-state index in [0.29, 0.717) is 0 Å². The highest BCUT2D eigenvalue weighted by Crippen LogP contribution is 2.20.